The molecule has 0 aromatic carbocycles. The first-order valence-electron chi connectivity index (χ1n) is 9.46. The highest BCUT2D eigenvalue weighted by Crippen LogP contribution is 2.46. The fourth-order valence-corrected chi connectivity index (χ4v) is 5.60. The highest BCUT2D eigenvalue weighted by molar-refractivity contribution is 7.10. The molecule has 0 saturated heterocycles. The van der Waals surface area contributed by atoms with E-state index >= 15 is 0 Å². The summed E-state index contributed by atoms with van der Waals surface area (Å²) in [5, 5.41) is 9.44. The van der Waals surface area contributed by atoms with Crippen molar-refractivity contribution in [2.45, 2.75) is 51.6 Å². The van der Waals surface area contributed by atoms with Crippen LogP contribution in [0.5, 0.6) is 0 Å². The van der Waals surface area contributed by atoms with Gasteiger partial charge in [-0.2, -0.15) is 11.3 Å². The first kappa shape index (κ1) is 19.2. The largest absolute Gasteiger partial charge is 0.460 e. The van der Waals surface area contributed by atoms with E-state index in [0.29, 0.717) is 12.0 Å². The van der Waals surface area contributed by atoms with Gasteiger partial charge in [-0.1, -0.05) is 6.07 Å². The molecule has 2 atom stereocenters. The number of hydrogen-bond acceptors (Lipinski definition) is 6. The van der Waals surface area contributed by atoms with Gasteiger partial charge < -0.3 is 10.1 Å². The first-order chi connectivity index (χ1) is 13.5. The number of ether oxygens (including phenoxy) is 1. The van der Waals surface area contributed by atoms with Crippen molar-refractivity contribution in [1.82, 2.24) is 5.32 Å². The molecule has 146 valence electrons. The molecule has 28 heavy (non-hydrogen) atoms. The highest BCUT2D eigenvalue weighted by Gasteiger charge is 2.41. The summed E-state index contributed by atoms with van der Waals surface area (Å²) in [7, 11) is 0. The van der Waals surface area contributed by atoms with E-state index in [1.54, 1.807) is 22.7 Å². The smallest absolute Gasteiger partial charge is 0.337 e. The van der Waals surface area contributed by atoms with E-state index < -0.39 is 0 Å². The van der Waals surface area contributed by atoms with Crippen molar-refractivity contribution in [1.29, 1.82) is 0 Å². The molecule has 0 spiro atoms. The SMILES string of the molecule is CC1=C(C(=O)OC(C)C)C(c2ccsc2)C2=C(CC(c3cccs3)CC2=O)N1. The van der Waals surface area contributed by atoms with Crippen molar-refractivity contribution in [3.63, 3.8) is 0 Å². The summed E-state index contributed by atoms with van der Waals surface area (Å²) in [4.78, 5) is 27.4. The average Bonchev–Trinajstić information content (AvgIpc) is 3.33. The van der Waals surface area contributed by atoms with Crippen molar-refractivity contribution in [3.05, 3.63) is 67.3 Å². The van der Waals surface area contributed by atoms with E-state index in [1.807, 2.05) is 43.7 Å². The maximum absolute atomic E-state index is 13.3. The minimum absolute atomic E-state index is 0.116. The Morgan fingerprint density at radius 1 is 1.25 bits per heavy atom. The van der Waals surface area contributed by atoms with Gasteiger partial charge in [0.05, 0.1) is 11.7 Å². The number of allylic oxidation sites excluding steroid dienone is 3. The molecule has 2 aliphatic rings. The molecule has 0 amide bonds. The number of rotatable bonds is 4. The van der Waals surface area contributed by atoms with E-state index in [1.165, 1.54) is 4.88 Å². The number of thiophene rings is 2. The third kappa shape index (κ3) is 3.47. The number of esters is 1. The molecule has 3 heterocycles. The number of nitrogens with one attached hydrogen (secondary N) is 1. The van der Waals surface area contributed by atoms with Crippen molar-refractivity contribution in [2.75, 3.05) is 0 Å². The van der Waals surface area contributed by atoms with Crippen molar-refractivity contribution in [2.24, 2.45) is 0 Å². The number of ketones is 1. The van der Waals surface area contributed by atoms with Gasteiger partial charge in [-0.15, -0.1) is 11.3 Å². The number of carbonyl (C=O) groups excluding carboxylic acids is 2. The molecular weight excluding hydrogens is 390 g/mol. The molecule has 2 aromatic rings. The predicted octanol–water partition coefficient (Wildman–Crippen LogP) is 5.12. The van der Waals surface area contributed by atoms with Crippen LogP contribution in [0.15, 0.2) is 56.9 Å². The third-order valence-electron chi connectivity index (χ3n) is 5.21. The lowest BCUT2D eigenvalue weighted by Crippen LogP contribution is -2.36. The van der Waals surface area contributed by atoms with Crippen LogP contribution in [-0.4, -0.2) is 17.9 Å². The highest BCUT2D eigenvalue weighted by atomic mass is 32.1. The Kier molecular flexibility index (Phi) is 5.25. The second-order valence-corrected chi connectivity index (χ2v) is 9.30. The van der Waals surface area contributed by atoms with Crippen LogP contribution in [0.1, 0.15) is 55.9 Å². The summed E-state index contributed by atoms with van der Waals surface area (Å²) in [6.07, 6.45) is 1.05. The lowest BCUT2D eigenvalue weighted by Gasteiger charge is -2.36. The molecule has 0 fully saturated rings. The number of dihydropyridines is 1. The summed E-state index contributed by atoms with van der Waals surface area (Å²) >= 11 is 3.27. The zero-order valence-corrected chi connectivity index (χ0v) is 17.8. The fraction of sp³-hybridized carbons (Fsp3) is 0.364. The topological polar surface area (TPSA) is 55.4 Å². The van der Waals surface area contributed by atoms with Crippen molar-refractivity contribution in [3.8, 4) is 0 Å². The normalized spacial score (nSPS) is 22.4. The van der Waals surface area contributed by atoms with Crippen LogP contribution in [0.2, 0.25) is 0 Å². The second-order valence-electron chi connectivity index (χ2n) is 7.54. The second kappa shape index (κ2) is 7.68. The number of hydrogen-bond donors (Lipinski definition) is 1. The van der Waals surface area contributed by atoms with Crippen LogP contribution < -0.4 is 5.32 Å². The maximum atomic E-state index is 13.3. The van der Waals surface area contributed by atoms with Crippen LogP contribution in [0.4, 0.5) is 0 Å². The first-order valence-corrected chi connectivity index (χ1v) is 11.3. The van der Waals surface area contributed by atoms with Crippen molar-refractivity contribution >= 4 is 34.4 Å². The van der Waals surface area contributed by atoms with Crippen LogP contribution >= 0.6 is 22.7 Å². The Morgan fingerprint density at radius 3 is 2.71 bits per heavy atom. The van der Waals surface area contributed by atoms with Gasteiger partial charge in [-0.3, -0.25) is 4.79 Å². The molecule has 1 aliphatic heterocycles. The lowest BCUT2D eigenvalue weighted by atomic mass is 9.73. The lowest BCUT2D eigenvalue weighted by molar-refractivity contribution is -0.143. The molecule has 4 nitrogen and oxygen atoms in total. The third-order valence-corrected chi connectivity index (χ3v) is 6.95. The van der Waals surface area contributed by atoms with Crippen LogP contribution in [0, 0.1) is 0 Å². The summed E-state index contributed by atoms with van der Waals surface area (Å²) in [5.41, 5.74) is 3.99. The predicted molar refractivity (Wildman–Crippen MR) is 112 cm³/mol. The van der Waals surface area contributed by atoms with Gasteiger partial charge in [0.1, 0.15) is 0 Å². The van der Waals surface area contributed by atoms with Gasteiger partial charge in [0.2, 0.25) is 0 Å². The molecule has 1 N–H and O–H groups in total. The molecule has 1 aliphatic carbocycles. The molecule has 6 heteroatoms. The van der Waals surface area contributed by atoms with Gasteiger partial charge in [0, 0.05) is 40.1 Å². The molecule has 2 unspecified atom stereocenters. The molecule has 4 rings (SSSR count). The summed E-state index contributed by atoms with van der Waals surface area (Å²) < 4.78 is 5.52. The summed E-state index contributed by atoms with van der Waals surface area (Å²) in [6.45, 7) is 5.58. The number of carbonyl (C=O) groups is 2. The standard InChI is InChI=1S/C22H23NO3S2/c1-12(2)26-22(25)19-13(3)23-16-9-15(18-5-4-7-28-18)10-17(24)21(16)20(19)14-6-8-27-11-14/h4-8,11-12,15,20,23H,9-10H2,1-3H3. The van der Waals surface area contributed by atoms with E-state index in [9.17, 15) is 9.59 Å². The average molecular weight is 414 g/mol. The maximum Gasteiger partial charge on any atom is 0.337 e. The Bertz CT molecular complexity index is 952. The van der Waals surface area contributed by atoms with E-state index in [4.69, 9.17) is 4.74 Å². The van der Waals surface area contributed by atoms with Gasteiger partial charge in [0.15, 0.2) is 5.78 Å². The minimum Gasteiger partial charge on any atom is -0.460 e. The zero-order chi connectivity index (χ0) is 19.8. The Hall–Kier alpha value is -2.18. The Balaban J connectivity index is 1.77. The molecule has 0 saturated carbocycles. The minimum atomic E-state index is -0.356. The molecule has 2 aromatic heterocycles. The summed E-state index contributed by atoms with van der Waals surface area (Å²) in [6, 6.07) is 6.13. The van der Waals surface area contributed by atoms with Crippen LogP contribution in [-0.2, 0) is 14.3 Å². The van der Waals surface area contributed by atoms with E-state index in [0.717, 1.165) is 29.0 Å². The summed E-state index contributed by atoms with van der Waals surface area (Å²) in [5.74, 6) is -0.397. The zero-order valence-electron chi connectivity index (χ0n) is 16.2. The molecular formula is C22H23NO3S2. The fourth-order valence-electron chi connectivity index (χ4n) is 4.08. The molecule has 0 radical (unpaired) electrons. The quantitative estimate of drug-likeness (QED) is 0.707. The van der Waals surface area contributed by atoms with Gasteiger partial charge in [-0.25, -0.2) is 4.79 Å². The number of Topliss-reactive ketones (excluding diaryl/α,β-unsaturated/α-hetero) is 1. The Labute approximate surface area is 172 Å². The van der Waals surface area contributed by atoms with Crippen LogP contribution in [0.25, 0.3) is 0 Å². The van der Waals surface area contributed by atoms with Gasteiger partial charge in [-0.05, 0) is 61.0 Å². The van der Waals surface area contributed by atoms with E-state index in [-0.39, 0.29) is 29.7 Å². The van der Waals surface area contributed by atoms with Crippen molar-refractivity contribution < 1.29 is 14.3 Å². The molecule has 0 bridgehead atoms. The monoisotopic (exact) mass is 413 g/mol. The van der Waals surface area contributed by atoms with Gasteiger partial charge in [0.25, 0.3) is 0 Å². The van der Waals surface area contributed by atoms with Crippen LogP contribution in [0.3, 0.4) is 0 Å². The van der Waals surface area contributed by atoms with Gasteiger partial charge >= 0.3 is 5.97 Å². The van der Waals surface area contributed by atoms with E-state index in [2.05, 4.69) is 16.8 Å². The Morgan fingerprint density at radius 2 is 2.07 bits per heavy atom.